The zero-order chi connectivity index (χ0) is 14.4. The Morgan fingerprint density at radius 3 is 2.80 bits per heavy atom. The number of hydrogen-bond acceptors (Lipinski definition) is 3. The van der Waals surface area contributed by atoms with Gasteiger partial charge in [0.15, 0.2) is 0 Å². The molecule has 0 saturated heterocycles. The topological polar surface area (TPSA) is 69.3 Å². The predicted octanol–water partition coefficient (Wildman–Crippen LogP) is 1.90. The van der Waals surface area contributed by atoms with Gasteiger partial charge in [-0.15, -0.1) is 0 Å². The quantitative estimate of drug-likeness (QED) is 0.790. The molecule has 20 heavy (non-hydrogen) atoms. The van der Waals surface area contributed by atoms with Crippen molar-refractivity contribution in [3.8, 4) is 5.75 Å². The number of carbonyl (C=O) groups is 1. The van der Waals surface area contributed by atoms with E-state index in [2.05, 4.69) is 5.32 Å². The second kappa shape index (κ2) is 6.65. The highest BCUT2D eigenvalue weighted by molar-refractivity contribution is 5.93. The molecule has 2 aromatic rings. The molecule has 2 rings (SSSR count). The minimum absolute atomic E-state index is 0.139. The maximum absolute atomic E-state index is 12.0. The van der Waals surface area contributed by atoms with Crippen LogP contribution in [0.25, 0.3) is 0 Å². The van der Waals surface area contributed by atoms with Crippen LogP contribution in [0.1, 0.15) is 17.4 Å². The van der Waals surface area contributed by atoms with Crippen LogP contribution in [0.5, 0.6) is 5.75 Å². The molecule has 0 spiro atoms. The molecule has 5 nitrogen and oxygen atoms in total. The number of nitrogens with one attached hydrogen (secondary N) is 1. The van der Waals surface area contributed by atoms with Gasteiger partial charge in [0, 0.05) is 12.7 Å². The maximum Gasteiger partial charge on any atom is 0.268 e. The fourth-order valence-electron chi connectivity index (χ4n) is 1.93. The smallest absolute Gasteiger partial charge is 0.268 e. The second-order valence-electron chi connectivity index (χ2n) is 4.36. The van der Waals surface area contributed by atoms with Crippen molar-refractivity contribution in [1.82, 2.24) is 9.88 Å². The number of nitrogens with zero attached hydrogens (tertiary/aromatic N) is 1. The summed E-state index contributed by atoms with van der Waals surface area (Å²) in [7, 11) is 0. The van der Waals surface area contributed by atoms with Gasteiger partial charge in [-0.3, -0.25) is 4.79 Å². The van der Waals surface area contributed by atoms with Crippen LogP contribution in [0.4, 0.5) is 5.69 Å². The average Bonchev–Trinajstić information content (AvgIpc) is 2.86. The lowest BCUT2D eigenvalue weighted by Gasteiger charge is -2.09. The van der Waals surface area contributed by atoms with Crippen molar-refractivity contribution in [2.45, 2.75) is 13.5 Å². The van der Waals surface area contributed by atoms with Gasteiger partial charge in [0.2, 0.25) is 0 Å². The lowest BCUT2D eigenvalue weighted by Crippen LogP contribution is -2.29. The third-order valence-corrected chi connectivity index (χ3v) is 2.89. The molecule has 0 aliphatic heterocycles. The summed E-state index contributed by atoms with van der Waals surface area (Å²) in [5.74, 6) is 0.656. The first kappa shape index (κ1) is 14.0. The predicted molar refractivity (Wildman–Crippen MR) is 78.8 cm³/mol. The summed E-state index contributed by atoms with van der Waals surface area (Å²) >= 11 is 0. The standard InChI is InChI=1S/C15H19N3O2/c1-2-18-11-12(16)10-14(18)15(19)17-8-9-20-13-6-4-3-5-7-13/h3-7,10-11H,2,8-9,16H2,1H3,(H,17,19). The largest absolute Gasteiger partial charge is 0.492 e. The van der Waals surface area contributed by atoms with E-state index in [1.54, 1.807) is 12.3 Å². The number of hydrogen-bond donors (Lipinski definition) is 2. The Labute approximate surface area is 118 Å². The molecule has 0 aliphatic rings. The zero-order valence-electron chi connectivity index (χ0n) is 11.5. The summed E-state index contributed by atoms with van der Waals surface area (Å²) in [6.45, 7) is 3.55. The second-order valence-corrected chi connectivity index (χ2v) is 4.36. The minimum Gasteiger partial charge on any atom is -0.492 e. The van der Waals surface area contributed by atoms with Gasteiger partial charge >= 0.3 is 0 Å². The summed E-state index contributed by atoms with van der Waals surface area (Å²) < 4.78 is 7.33. The highest BCUT2D eigenvalue weighted by Gasteiger charge is 2.11. The third-order valence-electron chi connectivity index (χ3n) is 2.89. The number of carbonyl (C=O) groups excluding carboxylic acids is 1. The lowest BCUT2D eigenvalue weighted by atomic mass is 10.3. The van der Waals surface area contributed by atoms with Gasteiger partial charge < -0.3 is 20.4 Å². The molecular formula is C15H19N3O2. The van der Waals surface area contributed by atoms with Gasteiger partial charge in [0.05, 0.1) is 12.2 Å². The molecule has 1 amide bonds. The number of nitrogen functional groups attached to an aromatic ring is 1. The number of aryl methyl sites for hydroxylation is 1. The van der Waals surface area contributed by atoms with E-state index in [0.29, 0.717) is 31.1 Å². The van der Waals surface area contributed by atoms with Crippen LogP contribution in [-0.4, -0.2) is 23.6 Å². The van der Waals surface area contributed by atoms with E-state index in [9.17, 15) is 4.79 Å². The molecule has 1 aromatic heterocycles. The molecule has 0 aliphatic carbocycles. The molecule has 1 heterocycles. The average molecular weight is 273 g/mol. The Morgan fingerprint density at radius 2 is 2.10 bits per heavy atom. The van der Waals surface area contributed by atoms with Crippen molar-refractivity contribution in [3.63, 3.8) is 0 Å². The van der Waals surface area contributed by atoms with E-state index in [4.69, 9.17) is 10.5 Å². The molecular weight excluding hydrogens is 254 g/mol. The Kier molecular flexibility index (Phi) is 4.65. The molecule has 1 aromatic carbocycles. The number of anilines is 1. The van der Waals surface area contributed by atoms with E-state index >= 15 is 0 Å². The Morgan fingerprint density at radius 1 is 1.35 bits per heavy atom. The number of aromatic nitrogens is 1. The van der Waals surface area contributed by atoms with Crippen molar-refractivity contribution in [2.24, 2.45) is 0 Å². The van der Waals surface area contributed by atoms with E-state index in [1.807, 2.05) is 41.8 Å². The Balaban J connectivity index is 1.80. The fraction of sp³-hybridized carbons (Fsp3) is 0.267. The molecule has 3 N–H and O–H groups in total. The van der Waals surface area contributed by atoms with Crippen LogP contribution >= 0.6 is 0 Å². The summed E-state index contributed by atoms with van der Waals surface area (Å²) in [6.07, 6.45) is 1.76. The van der Waals surface area contributed by atoms with Crippen molar-refractivity contribution in [3.05, 3.63) is 48.3 Å². The van der Waals surface area contributed by atoms with Gasteiger partial charge in [-0.05, 0) is 25.1 Å². The van der Waals surface area contributed by atoms with Gasteiger partial charge in [-0.1, -0.05) is 18.2 Å². The molecule has 0 unspecified atom stereocenters. The van der Waals surface area contributed by atoms with Gasteiger partial charge in [0.25, 0.3) is 5.91 Å². The van der Waals surface area contributed by atoms with Crippen molar-refractivity contribution >= 4 is 11.6 Å². The van der Waals surface area contributed by atoms with E-state index in [1.165, 1.54) is 0 Å². The summed E-state index contributed by atoms with van der Waals surface area (Å²) in [5, 5.41) is 2.82. The highest BCUT2D eigenvalue weighted by Crippen LogP contribution is 2.10. The van der Waals surface area contributed by atoms with Crippen LogP contribution in [0.2, 0.25) is 0 Å². The van der Waals surface area contributed by atoms with Crippen molar-refractivity contribution in [2.75, 3.05) is 18.9 Å². The monoisotopic (exact) mass is 273 g/mol. The van der Waals surface area contributed by atoms with Gasteiger partial charge in [-0.2, -0.15) is 0 Å². The molecule has 0 atom stereocenters. The number of para-hydroxylation sites is 1. The summed E-state index contributed by atoms with van der Waals surface area (Å²) in [4.78, 5) is 12.0. The van der Waals surface area contributed by atoms with E-state index in [0.717, 1.165) is 5.75 Å². The maximum atomic E-state index is 12.0. The normalized spacial score (nSPS) is 10.2. The number of benzene rings is 1. The molecule has 0 fully saturated rings. The van der Waals surface area contributed by atoms with Crippen molar-refractivity contribution < 1.29 is 9.53 Å². The van der Waals surface area contributed by atoms with Crippen molar-refractivity contribution in [1.29, 1.82) is 0 Å². The molecule has 0 bridgehead atoms. The number of nitrogens with two attached hydrogens (primary N) is 1. The summed E-state index contributed by atoms with van der Waals surface area (Å²) in [6, 6.07) is 11.2. The molecule has 106 valence electrons. The van der Waals surface area contributed by atoms with Crippen LogP contribution in [0.15, 0.2) is 42.6 Å². The number of amides is 1. The van der Waals surface area contributed by atoms with E-state index < -0.39 is 0 Å². The summed E-state index contributed by atoms with van der Waals surface area (Å²) in [5.41, 5.74) is 6.87. The zero-order valence-corrected chi connectivity index (χ0v) is 11.5. The molecule has 0 radical (unpaired) electrons. The van der Waals surface area contributed by atoms with Crippen LogP contribution in [-0.2, 0) is 6.54 Å². The highest BCUT2D eigenvalue weighted by atomic mass is 16.5. The number of rotatable bonds is 6. The first-order chi connectivity index (χ1) is 9.70. The van der Waals surface area contributed by atoms with Crippen LogP contribution in [0, 0.1) is 0 Å². The minimum atomic E-state index is -0.139. The first-order valence-corrected chi connectivity index (χ1v) is 6.62. The van der Waals surface area contributed by atoms with Crippen LogP contribution < -0.4 is 15.8 Å². The Bertz CT molecular complexity index is 564. The lowest BCUT2D eigenvalue weighted by molar-refractivity contribution is 0.0938. The molecule has 5 heteroatoms. The van der Waals surface area contributed by atoms with E-state index in [-0.39, 0.29) is 5.91 Å². The first-order valence-electron chi connectivity index (χ1n) is 6.62. The SMILES string of the molecule is CCn1cc(N)cc1C(=O)NCCOc1ccccc1. The van der Waals surface area contributed by atoms with Crippen LogP contribution in [0.3, 0.4) is 0 Å². The third kappa shape index (κ3) is 3.54. The number of ether oxygens (including phenoxy) is 1. The Hall–Kier alpha value is -2.43. The van der Waals surface area contributed by atoms with Gasteiger partial charge in [-0.25, -0.2) is 0 Å². The van der Waals surface area contributed by atoms with Gasteiger partial charge in [0.1, 0.15) is 18.1 Å². The molecule has 0 saturated carbocycles. The fourth-order valence-corrected chi connectivity index (χ4v) is 1.93.